The summed E-state index contributed by atoms with van der Waals surface area (Å²) in [5, 5.41) is 12.4. The van der Waals surface area contributed by atoms with E-state index in [9.17, 15) is 9.90 Å². The monoisotopic (exact) mass is 305 g/mol. The molecule has 0 bridgehead atoms. The fourth-order valence-electron chi connectivity index (χ4n) is 1.96. The van der Waals surface area contributed by atoms with Crippen molar-refractivity contribution in [3.05, 3.63) is 47.5 Å². The number of anilines is 1. The van der Waals surface area contributed by atoms with Crippen molar-refractivity contribution in [2.24, 2.45) is 0 Å². The molecule has 1 amide bonds. The first kappa shape index (κ1) is 13.6. The highest BCUT2D eigenvalue weighted by Gasteiger charge is 2.27. The van der Waals surface area contributed by atoms with Crippen LogP contribution in [0.1, 0.15) is 0 Å². The molecule has 0 aromatic heterocycles. The van der Waals surface area contributed by atoms with Gasteiger partial charge >= 0.3 is 0 Å². The third-order valence-electron chi connectivity index (χ3n) is 3.01. The van der Waals surface area contributed by atoms with E-state index in [-0.39, 0.29) is 23.3 Å². The molecule has 2 N–H and O–H groups in total. The van der Waals surface area contributed by atoms with Gasteiger partial charge in [-0.25, -0.2) is 0 Å². The van der Waals surface area contributed by atoms with Crippen molar-refractivity contribution in [3.63, 3.8) is 0 Å². The first-order valence-electron chi connectivity index (χ1n) is 6.31. The lowest BCUT2D eigenvalue weighted by atomic mass is 10.2. The van der Waals surface area contributed by atoms with Crippen molar-refractivity contribution in [3.8, 4) is 17.2 Å². The first-order valence-corrected chi connectivity index (χ1v) is 6.69. The van der Waals surface area contributed by atoms with Crippen LogP contribution in [-0.2, 0) is 4.79 Å². The molecule has 1 aliphatic heterocycles. The van der Waals surface area contributed by atoms with Crippen molar-refractivity contribution in [1.29, 1.82) is 0 Å². The van der Waals surface area contributed by atoms with Gasteiger partial charge in [-0.2, -0.15) is 0 Å². The van der Waals surface area contributed by atoms with E-state index < -0.39 is 6.10 Å². The Morgan fingerprint density at radius 3 is 2.76 bits per heavy atom. The second kappa shape index (κ2) is 5.54. The molecule has 0 aliphatic carbocycles. The largest absolute Gasteiger partial charge is 0.506 e. The number of phenols is 1. The van der Waals surface area contributed by atoms with Crippen LogP contribution in [0, 0.1) is 0 Å². The number of para-hydroxylation sites is 2. The topological polar surface area (TPSA) is 67.8 Å². The molecule has 0 spiro atoms. The van der Waals surface area contributed by atoms with E-state index in [1.165, 1.54) is 12.1 Å². The molecule has 1 atom stereocenters. The second-order valence-corrected chi connectivity index (χ2v) is 4.93. The molecule has 2 aromatic carbocycles. The van der Waals surface area contributed by atoms with Gasteiger partial charge in [-0.15, -0.1) is 0 Å². The average Bonchev–Trinajstić information content (AvgIpc) is 2.50. The number of carbonyl (C=O) groups excluding carboxylic acids is 1. The van der Waals surface area contributed by atoms with Crippen LogP contribution < -0.4 is 14.8 Å². The molecule has 6 heteroatoms. The minimum Gasteiger partial charge on any atom is -0.506 e. The number of carbonyl (C=O) groups is 1. The van der Waals surface area contributed by atoms with E-state index in [0.717, 1.165) is 0 Å². The van der Waals surface area contributed by atoms with Crippen molar-refractivity contribution in [1.82, 2.24) is 0 Å². The van der Waals surface area contributed by atoms with E-state index in [1.54, 1.807) is 24.3 Å². The molecule has 21 heavy (non-hydrogen) atoms. The van der Waals surface area contributed by atoms with Crippen LogP contribution in [0.5, 0.6) is 17.2 Å². The fraction of sp³-hybridized carbons (Fsp3) is 0.133. The zero-order valence-electron chi connectivity index (χ0n) is 10.9. The minimum absolute atomic E-state index is 0.0966. The van der Waals surface area contributed by atoms with Crippen molar-refractivity contribution >= 4 is 23.2 Å². The Labute approximate surface area is 126 Å². The molecular weight excluding hydrogens is 294 g/mol. The van der Waals surface area contributed by atoms with Gasteiger partial charge in [-0.1, -0.05) is 23.7 Å². The highest BCUT2D eigenvalue weighted by atomic mass is 35.5. The quantitative estimate of drug-likeness (QED) is 0.895. The summed E-state index contributed by atoms with van der Waals surface area (Å²) in [6.07, 6.45) is -0.752. The van der Waals surface area contributed by atoms with Crippen LogP contribution >= 0.6 is 11.6 Å². The van der Waals surface area contributed by atoms with Gasteiger partial charge in [0.05, 0.1) is 5.02 Å². The standard InChI is InChI=1S/C15H12ClNO4/c16-10-6-5-9(7-11(10)18)17-15(19)14-8-20-12-3-1-2-4-13(12)21-14/h1-7,14,18H,8H2,(H,17,19). The van der Waals surface area contributed by atoms with Crippen molar-refractivity contribution in [2.75, 3.05) is 11.9 Å². The highest BCUT2D eigenvalue weighted by molar-refractivity contribution is 6.32. The summed E-state index contributed by atoms with van der Waals surface area (Å²) in [5.74, 6) is 0.695. The van der Waals surface area contributed by atoms with E-state index in [4.69, 9.17) is 21.1 Å². The molecule has 0 saturated heterocycles. The number of benzene rings is 2. The molecular formula is C15H12ClNO4. The number of hydrogen-bond donors (Lipinski definition) is 2. The molecule has 2 aromatic rings. The molecule has 0 fully saturated rings. The third-order valence-corrected chi connectivity index (χ3v) is 3.33. The predicted octanol–water partition coefficient (Wildman–Crippen LogP) is 2.82. The van der Waals surface area contributed by atoms with Crippen molar-refractivity contribution in [2.45, 2.75) is 6.10 Å². The fourth-order valence-corrected chi connectivity index (χ4v) is 2.08. The van der Waals surface area contributed by atoms with Crippen LogP contribution in [0.3, 0.4) is 0 Å². The number of ether oxygens (including phenoxy) is 2. The van der Waals surface area contributed by atoms with Gasteiger partial charge in [0.25, 0.3) is 5.91 Å². The number of nitrogens with one attached hydrogen (secondary N) is 1. The molecule has 5 nitrogen and oxygen atoms in total. The summed E-state index contributed by atoms with van der Waals surface area (Å²) in [5.41, 5.74) is 0.435. The van der Waals surface area contributed by atoms with Gasteiger partial charge < -0.3 is 19.9 Å². The lowest BCUT2D eigenvalue weighted by molar-refractivity contribution is -0.125. The highest BCUT2D eigenvalue weighted by Crippen LogP contribution is 2.31. The zero-order valence-corrected chi connectivity index (χ0v) is 11.6. The van der Waals surface area contributed by atoms with E-state index >= 15 is 0 Å². The van der Waals surface area contributed by atoms with Gasteiger partial charge in [0.1, 0.15) is 12.4 Å². The SMILES string of the molecule is O=C(Nc1ccc(Cl)c(O)c1)C1COc2ccccc2O1. The molecule has 108 valence electrons. The Kier molecular flexibility index (Phi) is 3.58. The molecule has 0 saturated carbocycles. The number of fused-ring (bicyclic) bond motifs is 1. The van der Waals surface area contributed by atoms with Gasteiger partial charge in [-0.3, -0.25) is 4.79 Å². The Balaban J connectivity index is 1.70. The molecule has 1 aliphatic rings. The summed E-state index contributed by atoms with van der Waals surface area (Å²) < 4.78 is 11.1. The normalized spacial score (nSPS) is 16.3. The molecule has 0 radical (unpaired) electrons. The second-order valence-electron chi connectivity index (χ2n) is 4.52. The lowest BCUT2D eigenvalue weighted by Crippen LogP contribution is -2.40. The third kappa shape index (κ3) is 2.87. The number of aromatic hydroxyl groups is 1. The maximum Gasteiger partial charge on any atom is 0.269 e. The summed E-state index contributed by atoms with van der Waals surface area (Å²) in [6.45, 7) is 0.127. The van der Waals surface area contributed by atoms with E-state index in [0.29, 0.717) is 17.2 Å². The predicted molar refractivity (Wildman–Crippen MR) is 78.1 cm³/mol. The Morgan fingerprint density at radius 2 is 2.00 bits per heavy atom. The molecule has 1 heterocycles. The number of amides is 1. The van der Waals surface area contributed by atoms with Crippen LogP contribution in [0.4, 0.5) is 5.69 Å². The summed E-state index contributed by atoms with van der Waals surface area (Å²) in [7, 11) is 0. The van der Waals surface area contributed by atoms with Crippen LogP contribution in [0.2, 0.25) is 5.02 Å². The summed E-state index contributed by atoms with van der Waals surface area (Å²) in [4.78, 5) is 12.1. The first-order chi connectivity index (χ1) is 10.1. The van der Waals surface area contributed by atoms with Gasteiger partial charge in [0.15, 0.2) is 11.5 Å². The number of hydrogen-bond acceptors (Lipinski definition) is 4. The van der Waals surface area contributed by atoms with Crippen LogP contribution in [0.25, 0.3) is 0 Å². The van der Waals surface area contributed by atoms with Crippen LogP contribution in [0.15, 0.2) is 42.5 Å². The van der Waals surface area contributed by atoms with Crippen molar-refractivity contribution < 1.29 is 19.4 Å². The van der Waals surface area contributed by atoms with Gasteiger partial charge in [0.2, 0.25) is 6.10 Å². The maximum absolute atomic E-state index is 12.1. The van der Waals surface area contributed by atoms with Gasteiger partial charge in [-0.05, 0) is 24.3 Å². The summed E-state index contributed by atoms with van der Waals surface area (Å²) >= 11 is 5.71. The lowest BCUT2D eigenvalue weighted by Gasteiger charge is -2.25. The Bertz CT molecular complexity index is 689. The average molecular weight is 306 g/mol. The maximum atomic E-state index is 12.1. The molecule has 3 rings (SSSR count). The minimum atomic E-state index is -0.752. The summed E-state index contributed by atoms with van der Waals surface area (Å²) in [6, 6.07) is 11.6. The van der Waals surface area contributed by atoms with Crippen LogP contribution in [-0.4, -0.2) is 23.7 Å². The molecule has 1 unspecified atom stereocenters. The number of rotatable bonds is 2. The van der Waals surface area contributed by atoms with E-state index in [2.05, 4.69) is 5.32 Å². The number of halogens is 1. The number of phenolic OH excluding ortho intramolecular Hbond substituents is 1. The Morgan fingerprint density at radius 1 is 1.24 bits per heavy atom. The zero-order chi connectivity index (χ0) is 14.8. The van der Waals surface area contributed by atoms with Gasteiger partial charge in [0, 0.05) is 11.8 Å². The van der Waals surface area contributed by atoms with E-state index in [1.807, 2.05) is 6.07 Å². The smallest absolute Gasteiger partial charge is 0.269 e. The Hall–Kier alpha value is -2.40.